The number of nitrogens with one attached hydrogen (secondary N) is 1. The molecule has 0 unspecified atom stereocenters. The van der Waals surface area contributed by atoms with Gasteiger partial charge in [-0.25, -0.2) is 17.9 Å². The van der Waals surface area contributed by atoms with Gasteiger partial charge in [-0.2, -0.15) is 0 Å². The van der Waals surface area contributed by atoms with Gasteiger partial charge >= 0.3 is 5.97 Å². The minimum absolute atomic E-state index is 0.0338. The lowest BCUT2D eigenvalue weighted by Crippen LogP contribution is -2.38. The number of sulfonamides is 1. The van der Waals surface area contributed by atoms with Crippen LogP contribution in [0, 0.1) is 6.92 Å². The summed E-state index contributed by atoms with van der Waals surface area (Å²) in [5.74, 6) is -2.14. The Labute approximate surface area is 121 Å². The molecule has 2 rings (SSSR count). The van der Waals surface area contributed by atoms with Crippen molar-refractivity contribution in [2.45, 2.75) is 24.7 Å². The summed E-state index contributed by atoms with van der Waals surface area (Å²) < 4.78 is 31.2. The molecule has 21 heavy (non-hydrogen) atoms. The highest BCUT2D eigenvalue weighted by Gasteiger charge is 2.25. The number of likely N-dealkylation sites (tertiary alicyclic amines) is 1. The van der Waals surface area contributed by atoms with Gasteiger partial charge in [-0.1, -0.05) is 0 Å². The summed E-state index contributed by atoms with van der Waals surface area (Å²) in [5.41, 5.74) is 0. The average molecular weight is 316 g/mol. The van der Waals surface area contributed by atoms with Crippen LogP contribution in [0.1, 0.15) is 29.2 Å². The second kappa shape index (κ2) is 5.86. The van der Waals surface area contributed by atoms with Gasteiger partial charge in [0.25, 0.3) is 0 Å². The van der Waals surface area contributed by atoms with Crippen molar-refractivity contribution in [2.24, 2.45) is 0 Å². The molecule has 0 bridgehead atoms. The molecule has 1 amide bonds. The van der Waals surface area contributed by atoms with E-state index in [4.69, 9.17) is 9.52 Å². The zero-order valence-corrected chi connectivity index (χ0v) is 12.3. The maximum atomic E-state index is 12.1. The Balaban J connectivity index is 2.07. The summed E-state index contributed by atoms with van der Waals surface area (Å²) >= 11 is 0. The minimum Gasteiger partial charge on any atom is -0.475 e. The Hall–Kier alpha value is -1.87. The van der Waals surface area contributed by atoms with E-state index in [1.54, 1.807) is 4.90 Å². The van der Waals surface area contributed by atoms with Gasteiger partial charge in [0.1, 0.15) is 10.7 Å². The maximum absolute atomic E-state index is 12.1. The number of carbonyl (C=O) groups excluding carboxylic acids is 1. The Morgan fingerprint density at radius 1 is 1.38 bits per heavy atom. The number of nitrogens with zero attached hydrogens (tertiary/aromatic N) is 1. The summed E-state index contributed by atoms with van der Waals surface area (Å²) in [6.45, 7) is 2.27. The van der Waals surface area contributed by atoms with Crippen molar-refractivity contribution < 1.29 is 27.5 Å². The fourth-order valence-corrected chi connectivity index (χ4v) is 3.30. The first-order valence-corrected chi connectivity index (χ1v) is 7.91. The Morgan fingerprint density at radius 2 is 2.00 bits per heavy atom. The normalized spacial score (nSPS) is 15.4. The molecule has 116 valence electrons. The zero-order chi connectivity index (χ0) is 15.6. The molecule has 1 fully saturated rings. The number of rotatable bonds is 5. The van der Waals surface area contributed by atoms with Crippen LogP contribution in [0.15, 0.2) is 15.4 Å². The van der Waals surface area contributed by atoms with E-state index in [1.165, 1.54) is 6.92 Å². The molecule has 2 N–H and O–H groups in total. The highest BCUT2D eigenvalue weighted by Crippen LogP contribution is 2.19. The molecular formula is C12H16N2O6S. The molecule has 9 heteroatoms. The number of carboxylic acids is 1. The van der Waals surface area contributed by atoms with Crippen LogP contribution in [0.4, 0.5) is 0 Å². The Bertz CT molecular complexity index is 657. The number of furan rings is 1. The number of carbonyl (C=O) groups is 2. The molecule has 0 saturated carbocycles. The van der Waals surface area contributed by atoms with Gasteiger partial charge in [0.05, 0.1) is 6.54 Å². The predicted molar refractivity (Wildman–Crippen MR) is 71.4 cm³/mol. The molecule has 0 radical (unpaired) electrons. The van der Waals surface area contributed by atoms with Crippen molar-refractivity contribution in [3.8, 4) is 0 Å². The Kier molecular flexibility index (Phi) is 4.33. The van der Waals surface area contributed by atoms with Crippen LogP contribution in [-0.4, -0.2) is 49.9 Å². The second-order valence-corrected chi connectivity index (χ2v) is 6.48. The molecule has 8 nitrogen and oxygen atoms in total. The van der Waals surface area contributed by atoms with Crippen LogP contribution in [0.3, 0.4) is 0 Å². The van der Waals surface area contributed by atoms with Crippen molar-refractivity contribution in [2.75, 3.05) is 19.6 Å². The van der Waals surface area contributed by atoms with E-state index in [2.05, 4.69) is 4.72 Å². The number of amides is 1. The third kappa shape index (κ3) is 3.42. The monoisotopic (exact) mass is 316 g/mol. The Morgan fingerprint density at radius 3 is 2.52 bits per heavy atom. The van der Waals surface area contributed by atoms with E-state index in [1.807, 2.05) is 0 Å². The lowest BCUT2D eigenvalue weighted by molar-refractivity contribution is -0.128. The summed E-state index contributed by atoms with van der Waals surface area (Å²) in [4.78, 5) is 23.9. The number of aryl methyl sites for hydroxylation is 1. The molecule has 0 aromatic carbocycles. The summed E-state index contributed by atoms with van der Waals surface area (Å²) in [6.07, 6.45) is 1.84. The molecule has 1 aliphatic rings. The van der Waals surface area contributed by atoms with E-state index in [-0.39, 0.29) is 23.1 Å². The van der Waals surface area contributed by atoms with Crippen molar-refractivity contribution in [1.29, 1.82) is 0 Å². The van der Waals surface area contributed by atoms with Gasteiger partial charge in [-0.3, -0.25) is 4.79 Å². The standard InChI is InChI=1S/C12H16N2O6S/c1-8-10(6-9(20-8)12(16)17)21(18,19)13-7-11(15)14-4-2-3-5-14/h6,13H,2-5,7H2,1H3,(H,16,17). The topological polar surface area (TPSA) is 117 Å². The van der Waals surface area contributed by atoms with Crippen molar-refractivity contribution in [3.05, 3.63) is 17.6 Å². The van der Waals surface area contributed by atoms with Crippen LogP contribution in [0.2, 0.25) is 0 Å². The third-order valence-corrected chi connectivity index (χ3v) is 4.75. The molecule has 1 aliphatic heterocycles. The zero-order valence-electron chi connectivity index (χ0n) is 11.5. The van der Waals surface area contributed by atoms with Gasteiger partial charge in [0, 0.05) is 19.2 Å². The highest BCUT2D eigenvalue weighted by molar-refractivity contribution is 7.89. The molecular weight excluding hydrogens is 300 g/mol. The second-order valence-electron chi connectivity index (χ2n) is 4.75. The lowest BCUT2D eigenvalue weighted by atomic mass is 10.4. The molecule has 2 heterocycles. The lowest BCUT2D eigenvalue weighted by Gasteiger charge is -2.15. The quantitative estimate of drug-likeness (QED) is 0.800. The number of aromatic carboxylic acids is 1. The van der Waals surface area contributed by atoms with E-state index in [0.717, 1.165) is 18.9 Å². The summed E-state index contributed by atoms with van der Waals surface area (Å²) in [5, 5.41) is 8.78. The largest absolute Gasteiger partial charge is 0.475 e. The first-order chi connectivity index (χ1) is 9.81. The van der Waals surface area contributed by atoms with Crippen LogP contribution in [0.5, 0.6) is 0 Å². The fraction of sp³-hybridized carbons (Fsp3) is 0.500. The first kappa shape index (κ1) is 15.5. The smallest absolute Gasteiger partial charge is 0.371 e. The van der Waals surface area contributed by atoms with Gasteiger partial charge in [0.2, 0.25) is 21.7 Å². The van der Waals surface area contributed by atoms with Crippen LogP contribution in [-0.2, 0) is 14.8 Å². The van der Waals surface area contributed by atoms with E-state index in [0.29, 0.717) is 13.1 Å². The van der Waals surface area contributed by atoms with Crippen molar-refractivity contribution in [3.63, 3.8) is 0 Å². The van der Waals surface area contributed by atoms with E-state index < -0.39 is 21.8 Å². The van der Waals surface area contributed by atoms with Crippen LogP contribution in [0.25, 0.3) is 0 Å². The molecule has 0 spiro atoms. The van der Waals surface area contributed by atoms with Crippen LogP contribution < -0.4 is 4.72 Å². The fourth-order valence-electron chi connectivity index (χ4n) is 2.15. The molecule has 1 saturated heterocycles. The SMILES string of the molecule is Cc1oc(C(=O)O)cc1S(=O)(=O)NCC(=O)N1CCCC1. The molecule has 1 aromatic heterocycles. The average Bonchev–Trinajstić information content (AvgIpc) is 3.05. The number of hydrogen-bond donors (Lipinski definition) is 2. The van der Waals surface area contributed by atoms with Gasteiger partial charge in [-0.15, -0.1) is 0 Å². The van der Waals surface area contributed by atoms with Gasteiger partial charge in [-0.05, 0) is 19.8 Å². The van der Waals surface area contributed by atoms with E-state index in [9.17, 15) is 18.0 Å². The van der Waals surface area contributed by atoms with E-state index >= 15 is 0 Å². The maximum Gasteiger partial charge on any atom is 0.371 e. The molecule has 0 atom stereocenters. The number of carboxylic acid groups (broad SMARTS) is 1. The number of hydrogen-bond acceptors (Lipinski definition) is 5. The van der Waals surface area contributed by atoms with Crippen LogP contribution >= 0.6 is 0 Å². The summed E-state index contributed by atoms with van der Waals surface area (Å²) in [7, 11) is -3.98. The van der Waals surface area contributed by atoms with Crippen molar-refractivity contribution in [1.82, 2.24) is 9.62 Å². The molecule has 1 aromatic rings. The third-order valence-electron chi connectivity index (χ3n) is 3.24. The predicted octanol–water partition coefficient (Wildman–Crippen LogP) is 0.187. The summed E-state index contributed by atoms with van der Waals surface area (Å²) in [6, 6.07) is 0.931. The van der Waals surface area contributed by atoms with Gasteiger partial charge < -0.3 is 14.4 Å². The first-order valence-electron chi connectivity index (χ1n) is 6.42. The minimum atomic E-state index is -3.98. The van der Waals surface area contributed by atoms with Gasteiger partial charge in [0.15, 0.2) is 0 Å². The molecule has 0 aliphatic carbocycles. The highest BCUT2D eigenvalue weighted by atomic mass is 32.2. The van der Waals surface area contributed by atoms with Crippen molar-refractivity contribution >= 4 is 21.9 Å².